The van der Waals surface area contributed by atoms with Gasteiger partial charge in [-0.1, -0.05) is 6.07 Å². The first-order chi connectivity index (χ1) is 10.3. The summed E-state index contributed by atoms with van der Waals surface area (Å²) in [4.78, 5) is 20.9. The van der Waals surface area contributed by atoms with Crippen LogP contribution in [-0.4, -0.2) is 22.4 Å². The lowest BCUT2D eigenvalue weighted by Crippen LogP contribution is -2.31. The molecule has 1 amide bonds. The van der Waals surface area contributed by atoms with Gasteiger partial charge in [0.2, 0.25) is 0 Å². The number of thiophene rings is 1. The van der Waals surface area contributed by atoms with Crippen LogP contribution in [-0.2, 0) is 5.41 Å². The Morgan fingerprint density at radius 3 is 3.05 bits per heavy atom. The van der Waals surface area contributed by atoms with Crippen molar-refractivity contribution in [3.05, 3.63) is 52.5 Å². The van der Waals surface area contributed by atoms with Gasteiger partial charge in [0.1, 0.15) is 0 Å². The number of H-pyrrole nitrogens is 1. The summed E-state index contributed by atoms with van der Waals surface area (Å²) in [6.45, 7) is 0.716. The number of aromatic nitrogens is 2. The van der Waals surface area contributed by atoms with Crippen molar-refractivity contribution in [2.24, 2.45) is 0 Å². The van der Waals surface area contributed by atoms with E-state index in [1.807, 2.05) is 18.2 Å². The molecular formula is C16H15N3OS. The van der Waals surface area contributed by atoms with Gasteiger partial charge in [0.25, 0.3) is 5.91 Å². The van der Waals surface area contributed by atoms with Crippen LogP contribution in [0.5, 0.6) is 0 Å². The van der Waals surface area contributed by atoms with Gasteiger partial charge in [0.05, 0.1) is 17.4 Å². The first-order valence-corrected chi connectivity index (χ1v) is 7.90. The number of nitrogens with one attached hydrogen (secondary N) is 2. The molecule has 1 fully saturated rings. The minimum absolute atomic E-state index is 0.0191. The van der Waals surface area contributed by atoms with Gasteiger partial charge in [-0.2, -0.15) is 0 Å². The quantitative estimate of drug-likeness (QED) is 0.777. The van der Waals surface area contributed by atoms with Crippen molar-refractivity contribution in [1.29, 1.82) is 0 Å². The topological polar surface area (TPSA) is 57.8 Å². The van der Waals surface area contributed by atoms with Crippen molar-refractivity contribution in [1.82, 2.24) is 15.3 Å². The molecule has 2 heterocycles. The van der Waals surface area contributed by atoms with Gasteiger partial charge in [-0.25, -0.2) is 4.98 Å². The third kappa shape index (κ3) is 2.23. The number of benzene rings is 1. The Morgan fingerprint density at radius 1 is 1.38 bits per heavy atom. The highest BCUT2D eigenvalue weighted by Crippen LogP contribution is 2.49. The van der Waals surface area contributed by atoms with E-state index in [4.69, 9.17) is 0 Å². The summed E-state index contributed by atoms with van der Waals surface area (Å²) >= 11 is 1.78. The molecule has 0 saturated heterocycles. The van der Waals surface area contributed by atoms with Crippen molar-refractivity contribution >= 4 is 28.3 Å². The minimum atomic E-state index is -0.0191. The van der Waals surface area contributed by atoms with Crippen molar-refractivity contribution in [2.45, 2.75) is 18.3 Å². The number of amides is 1. The molecule has 4 rings (SSSR count). The Balaban J connectivity index is 1.48. The number of hydrogen-bond donors (Lipinski definition) is 2. The van der Waals surface area contributed by atoms with Gasteiger partial charge in [-0.05, 0) is 42.5 Å². The van der Waals surface area contributed by atoms with E-state index in [1.165, 1.54) is 4.88 Å². The second kappa shape index (κ2) is 4.70. The maximum absolute atomic E-state index is 12.3. The number of nitrogens with zero attached hydrogens (tertiary/aromatic N) is 1. The van der Waals surface area contributed by atoms with E-state index in [0.717, 1.165) is 23.9 Å². The third-order valence-corrected chi connectivity index (χ3v) is 5.28. The molecule has 5 heteroatoms. The molecule has 106 valence electrons. The molecule has 0 spiro atoms. The minimum Gasteiger partial charge on any atom is -0.351 e. The Kier molecular flexibility index (Phi) is 2.82. The Morgan fingerprint density at radius 2 is 2.29 bits per heavy atom. The molecular weight excluding hydrogens is 282 g/mol. The zero-order valence-electron chi connectivity index (χ0n) is 11.4. The van der Waals surface area contributed by atoms with Gasteiger partial charge in [-0.15, -0.1) is 11.3 Å². The summed E-state index contributed by atoms with van der Waals surface area (Å²) < 4.78 is 0. The smallest absolute Gasteiger partial charge is 0.251 e. The fourth-order valence-electron chi connectivity index (χ4n) is 2.67. The van der Waals surface area contributed by atoms with E-state index in [0.29, 0.717) is 12.1 Å². The monoisotopic (exact) mass is 297 g/mol. The molecule has 21 heavy (non-hydrogen) atoms. The molecule has 0 aliphatic heterocycles. The molecule has 1 saturated carbocycles. The highest BCUT2D eigenvalue weighted by molar-refractivity contribution is 7.10. The first-order valence-electron chi connectivity index (χ1n) is 7.02. The van der Waals surface area contributed by atoms with Crippen LogP contribution in [0.25, 0.3) is 11.0 Å². The predicted octanol–water partition coefficient (Wildman–Crippen LogP) is 3.09. The lowest BCUT2D eigenvalue weighted by atomic mass is 10.1. The van der Waals surface area contributed by atoms with Crippen LogP contribution in [0.1, 0.15) is 28.1 Å². The molecule has 2 aromatic heterocycles. The summed E-state index contributed by atoms with van der Waals surface area (Å²) in [7, 11) is 0. The van der Waals surface area contributed by atoms with Gasteiger partial charge < -0.3 is 10.3 Å². The number of carbonyl (C=O) groups excluding carboxylic acids is 1. The SMILES string of the molecule is O=C(NCC1(c2cccs2)CC1)c1ccc2nc[nH]c2c1. The average Bonchev–Trinajstić information content (AvgIpc) is 2.96. The molecule has 0 radical (unpaired) electrons. The number of aromatic amines is 1. The molecule has 0 atom stereocenters. The lowest BCUT2D eigenvalue weighted by Gasteiger charge is -2.14. The average molecular weight is 297 g/mol. The van der Waals surface area contributed by atoms with Gasteiger partial charge >= 0.3 is 0 Å². The Hall–Kier alpha value is -2.14. The van der Waals surface area contributed by atoms with E-state index in [1.54, 1.807) is 17.7 Å². The van der Waals surface area contributed by atoms with E-state index >= 15 is 0 Å². The molecule has 3 aromatic rings. The largest absolute Gasteiger partial charge is 0.351 e. The zero-order chi connectivity index (χ0) is 14.3. The van der Waals surface area contributed by atoms with Gasteiger partial charge in [0.15, 0.2) is 0 Å². The fourth-order valence-corrected chi connectivity index (χ4v) is 3.66. The molecule has 2 N–H and O–H groups in total. The van der Waals surface area contributed by atoms with E-state index in [-0.39, 0.29) is 11.3 Å². The Bertz CT molecular complexity index is 787. The molecule has 1 aromatic carbocycles. The number of hydrogen-bond acceptors (Lipinski definition) is 3. The number of carbonyl (C=O) groups is 1. The second-order valence-corrected chi connectivity index (χ2v) is 6.52. The molecule has 1 aliphatic carbocycles. The van der Waals surface area contributed by atoms with Crippen LogP contribution in [0.2, 0.25) is 0 Å². The van der Waals surface area contributed by atoms with E-state index in [9.17, 15) is 4.79 Å². The Labute approximate surface area is 126 Å². The van der Waals surface area contributed by atoms with Crippen LogP contribution in [0.3, 0.4) is 0 Å². The van der Waals surface area contributed by atoms with Crippen LogP contribution in [0, 0.1) is 0 Å². The highest BCUT2D eigenvalue weighted by atomic mass is 32.1. The lowest BCUT2D eigenvalue weighted by molar-refractivity contribution is 0.0950. The van der Waals surface area contributed by atoms with E-state index < -0.39 is 0 Å². The predicted molar refractivity (Wildman–Crippen MR) is 83.7 cm³/mol. The van der Waals surface area contributed by atoms with Crippen molar-refractivity contribution in [3.63, 3.8) is 0 Å². The maximum atomic E-state index is 12.3. The zero-order valence-corrected chi connectivity index (χ0v) is 12.2. The number of fused-ring (bicyclic) bond motifs is 1. The first kappa shape index (κ1) is 12.6. The summed E-state index contributed by atoms with van der Waals surface area (Å²) in [5, 5.41) is 5.18. The molecule has 0 bridgehead atoms. The summed E-state index contributed by atoms with van der Waals surface area (Å²) in [5.41, 5.74) is 2.63. The molecule has 0 unspecified atom stereocenters. The molecule has 4 nitrogen and oxygen atoms in total. The highest BCUT2D eigenvalue weighted by Gasteiger charge is 2.45. The fraction of sp³-hybridized carbons (Fsp3) is 0.250. The second-order valence-electron chi connectivity index (χ2n) is 5.57. The molecule has 1 aliphatic rings. The standard InChI is InChI=1S/C16H15N3OS/c20-15(11-3-4-12-13(8-11)19-10-18-12)17-9-16(5-6-16)14-2-1-7-21-14/h1-4,7-8,10H,5-6,9H2,(H,17,20)(H,18,19). The third-order valence-electron chi connectivity index (χ3n) is 4.17. The normalized spacial score (nSPS) is 16.0. The summed E-state index contributed by atoms with van der Waals surface area (Å²) in [6, 6.07) is 9.78. The van der Waals surface area contributed by atoms with Crippen LogP contribution in [0.4, 0.5) is 0 Å². The van der Waals surface area contributed by atoms with Crippen LogP contribution in [0.15, 0.2) is 42.0 Å². The number of imidazole rings is 1. The maximum Gasteiger partial charge on any atom is 0.251 e. The summed E-state index contributed by atoms with van der Waals surface area (Å²) in [6.07, 6.45) is 3.96. The van der Waals surface area contributed by atoms with Crippen molar-refractivity contribution < 1.29 is 4.79 Å². The van der Waals surface area contributed by atoms with Gasteiger partial charge in [0, 0.05) is 22.4 Å². The number of rotatable bonds is 4. The summed E-state index contributed by atoms with van der Waals surface area (Å²) in [5.74, 6) is -0.0191. The van der Waals surface area contributed by atoms with E-state index in [2.05, 4.69) is 32.8 Å². The van der Waals surface area contributed by atoms with Crippen LogP contribution < -0.4 is 5.32 Å². The van der Waals surface area contributed by atoms with Crippen molar-refractivity contribution in [2.75, 3.05) is 6.54 Å². The van der Waals surface area contributed by atoms with Gasteiger partial charge in [-0.3, -0.25) is 4.79 Å². The van der Waals surface area contributed by atoms with Crippen LogP contribution >= 0.6 is 11.3 Å². The van der Waals surface area contributed by atoms with Crippen molar-refractivity contribution in [3.8, 4) is 0 Å².